The van der Waals surface area contributed by atoms with Gasteiger partial charge in [0.2, 0.25) is 14.3 Å². The fraction of sp³-hybridized carbons (Fsp3) is 0.296. The van der Waals surface area contributed by atoms with E-state index < -0.39 is 8.32 Å². The van der Waals surface area contributed by atoms with E-state index in [9.17, 15) is 9.59 Å². The highest BCUT2D eigenvalue weighted by Gasteiger charge is 2.22. The summed E-state index contributed by atoms with van der Waals surface area (Å²) in [5, 5.41) is 4.57. The second kappa shape index (κ2) is 9.96. The van der Waals surface area contributed by atoms with Crippen LogP contribution in [0.15, 0.2) is 72.2 Å². The van der Waals surface area contributed by atoms with E-state index in [0.717, 1.165) is 42.7 Å². The number of nitrogens with one attached hydrogen (secondary N) is 1. The molecule has 9 nitrogen and oxygen atoms in total. The molecular formula is C27H33N7O2Si. The van der Waals surface area contributed by atoms with Gasteiger partial charge >= 0.3 is 0 Å². The summed E-state index contributed by atoms with van der Waals surface area (Å²) in [6.45, 7) is 12.0. The number of likely N-dealkylation sites (N-methyl/N-ethyl adjacent to an activating group) is 1. The Morgan fingerprint density at radius 3 is 2.49 bits per heavy atom. The minimum Gasteiger partial charge on any atom is -0.428 e. The molecule has 10 heteroatoms. The van der Waals surface area contributed by atoms with Gasteiger partial charge in [-0.3, -0.25) is 4.79 Å². The molecule has 0 amide bonds. The fourth-order valence-corrected chi connectivity index (χ4v) is 5.61. The quantitative estimate of drug-likeness (QED) is 0.289. The largest absolute Gasteiger partial charge is 0.428 e. The highest BCUT2D eigenvalue weighted by Crippen LogP contribution is 2.22. The van der Waals surface area contributed by atoms with Crippen LogP contribution in [0.3, 0.4) is 0 Å². The van der Waals surface area contributed by atoms with E-state index in [4.69, 9.17) is 4.98 Å². The van der Waals surface area contributed by atoms with Gasteiger partial charge < -0.3 is 19.9 Å². The third-order valence-corrected chi connectivity index (χ3v) is 8.49. The van der Waals surface area contributed by atoms with Gasteiger partial charge in [-0.25, -0.2) is 14.3 Å². The summed E-state index contributed by atoms with van der Waals surface area (Å²) in [5.74, 6) is 0.400. The molecule has 1 fully saturated rings. The van der Waals surface area contributed by atoms with E-state index in [1.165, 1.54) is 5.69 Å². The molecule has 0 atom stereocenters. The standard InChI is InChI=1S/C27H33N7O2Si/c1-5-13-33-26(35)24-19-28-27(29-20-9-11-21(12-10-20)32-16-14-31(2)15-17-32)30-25(24)34(33)22-7-6-8-23(18-22)37(3,4)36/h5-12,18-19,36H,1,13-17H2,2-4H3,(H,28,29,30). The Morgan fingerprint density at radius 2 is 1.81 bits per heavy atom. The lowest BCUT2D eigenvalue weighted by atomic mass is 10.2. The first-order valence-electron chi connectivity index (χ1n) is 12.5. The molecule has 2 N–H and O–H groups in total. The number of hydrogen-bond donors (Lipinski definition) is 2. The lowest BCUT2D eigenvalue weighted by molar-refractivity contribution is 0.313. The van der Waals surface area contributed by atoms with Gasteiger partial charge in [-0.1, -0.05) is 18.2 Å². The van der Waals surface area contributed by atoms with Gasteiger partial charge in [0, 0.05) is 43.8 Å². The van der Waals surface area contributed by atoms with Gasteiger partial charge in [-0.05, 0) is 61.7 Å². The molecule has 1 aliphatic rings. The molecule has 37 heavy (non-hydrogen) atoms. The molecule has 1 aliphatic heterocycles. The van der Waals surface area contributed by atoms with Crippen LogP contribution in [0.1, 0.15) is 0 Å². The molecule has 4 aromatic rings. The normalized spacial score (nSPS) is 14.8. The number of anilines is 3. The molecule has 0 spiro atoms. The Hall–Kier alpha value is -3.73. The van der Waals surface area contributed by atoms with Gasteiger partial charge in [-0.15, -0.1) is 6.58 Å². The molecule has 2 aromatic carbocycles. The average molecular weight is 516 g/mol. The van der Waals surface area contributed by atoms with Crippen molar-refractivity contribution in [3.05, 3.63) is 77.7 Å². The van der Waals surface area contributed by atoms with Crippen LogP contribution >= 0.6 is 0 Å². The van der Waals surface area contributed by atoms with Crippen LogP contribution < -0.4 is 21.0 Å². The van der Waals surface area contributed by atoms with Crippen LogP contribution in [0.5, 0.6) is 0 Å². The number of hydrogen-bond acceptors (Lipinski definition) is 7. The molecule has 3 heterocycles. The number of benzene rings is 2. The van der Waals surface area contributed by atoms with Gasteiger partial charge in [0.05, 0.1) is 12.2 Å². The monoisotopic (exact) mass is 515 g/mol. The Bertz CT molecular complexity index is 1480. The number of piperazine rings is 1. The van der Waals surface area contributed by atoms with Crippen LogP contribution in [0.25, 0.3) is 16.7 Å². The summed E-state index contributed by atoms with van der Waals surface area (Å²) < 4.78 is 3.37. The summed E-state index contributed by atoms with van der Waals surface area (Å²) in [6.07, 6.45) is 3.25. The average Bonchev–Trinajstić information content (AvgIpc) is 3.15. The number of fused-ring (bicyclic) bond motifs is 1. The summed E-state index contributed by atoms with van der Waals surface area (Å²) in [5.41, 5.74) is 3.12. The zero-order chi connectivity index (χ0) is 26.2. The minimum absolute atomic E-state index is 0.191. The number of aromatic nitrogens is 4. The van der Waals surface area contributed by atoms with Crippen molar-refractivity contribution in [3.63, 3.8) is 0 Å². The first-order chi connectivity index (χ1) is 17.7. The van der Waals surface area contributed by atoms with E-state index in [2.05, 4.69) is 45.9 Å². The smallest absolute Gasteiger partial charge is 0.278 e. The zero-order valence-electron chi connectivity index (χ0n) is 21.6. The van der Waals surface area contributed by atoms with Gasteiger partial charge in [0.15, 0.2) is 5.65 Å². The van der Waals surface area contributed by atoms with Crippen molar-refractivity contribution in [1.29, 1.82) is 0 Å². The Labute approximate surface area is 217 Å². The van der Waals surface area contributed by atoms with E-state index in [0.29, 0.717) is 23.5 Å². The number of nitrogens with zero attached hydrogens (tertiary/aromatic N) is 6. The molecule has 5 rings (SSSR count). The van der Waals surface area contributed by atoms with Crippen molar-refractivity contribution in [1.82, 2.24) is 24.2 Å². The Morgan fingerprint density at radius 1 is 1.08 bits per heavy atom. The van der Waals surface area contributed by atoms with E-state index in [-0.39, 0.29) is 5.56 Å². The van der Waals surface area contributed by atoms with Crippen molar-refractivity contribution < 1.29 is 4.80 Å². The van der Waals surface area contributed by atoms with Crippen molar-refractivity contribution in [2.75, 3.05) is 43.4 Å². The summed E-state index contributed by atoms with van der Waals surface area (Å²) >= 11 is 0. The van der Waals surface area contributed by atoms with Crippen LogP contribution in [0.2, 0.25) is 13.1 Å². The Balaban J connectivity index is 1.50. The zero-order valence-corrected chi connectivity index (χ0v) is 22.6. The molecule has 0 radical (unpaired) electrons. The molecular weight excluding hydrogens is 482 g/mol. The van der Waals surface area contributed by atoms with Crippen LogP contribution in [0, 0.1) is 0 Å². The van der Waals surface area contributed by atoms with Gasteiger partial charge in [0.25, 0.3) is 5.56 Å². The van der Waals surface area contributed by atoms with E-state index >= 15 is 0 Å². The van der Waals surface area contributed by atoms with Gasteiger partial charge in [0.1, 0.15) is 5.39 Å². The Kier molecular flexibility index (Phi) is 6.72. The SMILES string of the molecule is C=CCn1c(=O)c2cnc(Nc3ccc(N4CCN(C)CC4)cc3)nc2n1-c1cccc([Si](C)(C)O)c1. The highest BCUT2D eigenvalue weighted by atomic mass is 28.4. The van der Waals surface area contributed by atoms with Crippen molar-refractivity contribution in [2.24, 2.45) is 0 Å². The topological polar surface area (TPSA) is 91.5 Å². The third-order valence-electron chi connectivity index (χ3n) is 6.77. The minimum atomic E-state index is -2.55. The molecule has 2 aromatic heterocycles. The molecule has 0 aliphatic carbocycles. The van der Waals surface area contributed by atoms with E-state index in [1.54, 1.807) is 21.6 Å². The van der Waals surface area contributed by atoms with Gasteiger partial charge in [-0.2, -0.15) is 4.98 Å². The maximum Gasteiger partial charge on any atom is 0.278 e. The maximum absolute atomic E-state index is 13.2. The maximum atomic E-state index is 13.2. The second-order valence-corrected chi connectivity index (χ2v) is 13.7. The van der Waals surface area contributed by atoms with E-state index in [1.807, 2.05) is 49.5 Å². The van der Waals surface area contributed by atoms with Crippen molar-refractivity contribution in [3.8, 4) is 5.69 Å². The predicted octanol–water partition coefficient (Wildman–Crippen LogP) is 2.67. The third kappa shape index (κ3) is 5.08. The first kappa shape index (κ1) is 24.9. The first-order valence-corrected chi connectivity index (χ1v) is 15.4. The van der Waals surface area contributed by atoms with Crippen LogP contribution in [-0.2, 0) is 6.54 Å². The van der Waals surface area contributed by atoms with Crippen LogP contribution in [-0.4, -0.2) is 70.6 Å². The number of allylic oxidation sites excluding steroid dienone is 1. The highest BCUT2D eigenvalue weighted by molar-refractivity contribution is 6.83. The predicted molar refractivity (Wildman–Crippen MR) is 152 cm³/mol. The summed E-state index contributed by atoms with van der Waals surface area (Å²) in [7, 11) is -0.398. The molecule has 192 valence electrons. The lowest BCUT2D eigenvalue weighted by Crippen LogP contribution is -2.44. The van der Waals surface area contributed by atoms with Crippen molar-refractivity contribution >= 4 is 41.9 Å². The fourth-order valence-electron chi connectivity index (χ4n) is 4.61. The molecule has 0 saturated carbocycles. The second-order valence-electron chi connectivity index (χ2n) is 9.99. The molecule has 0 bridgehead atoms. The molecule has 1 saturated heterocycles. The molecule has 0 unspecified atom stereocenters. The van der Waals surface area contributed by atoms with Crippen molar-refractivity contribution in [2.45, 2.75) is 19.6 Å². The number of rotatable bonds is 7. The summed E-state index contributed by atoms with van der Waals surface area (Å²) in [6, 6.07) is 15.9. The lowest BCUT2D eigenvalue weighted by Gasteiger charge is -2.34. The summed E-state index contributed by atoms with van der Waals surface area (Å²) in [4.78, 5) is 37.8. The van der Waals surface area contributed by atoms with Crippen LogP contribution in [0.4, 0.5) is 17.3 Å².